The van der Waals surface area contributed by atoms with Crippen LogP contribution in [0.4, 0.5) is 0 Å². The van der Waals surface area contributed by atoms with Gasteiger partial charge in [0.05, 0.1) is 5.51 Å². The predicted molar refractivity (Wildman–Crippen MR) is 46.9 cm³/mol. The number of carbonyl (C=O) groups excluding carboxylic acids is 1. The summed E-state index contributed by atoms with van der Waals surface area (Å²) in [5, 5.41) is 0. The largest absolute Gasteiger partial charge is 0.292 e. The molecule has 4 heteroatoms. The van der Waals surface area contributed by atoms with E-state index in [2.05, 4.69) is 20.9 Å². The molecule has 0 atom stereocenters. The molecule has 1 aliphatic carbocycles. The van der Waals surface area contributed by atoms with Crippen LogP contribution in [0.15, 0.2) is 9.30 Å². The fourth-order valence-corrected chi connectivity index (χ4v) is 2.00. The van der Waals surface area contributed by atoms with Crippen molar-refractivity contribution >= 4 is 33.0 Å². The molecule has 1 saturated carbocycles. The van der Waals surface area contributed by atoms with E-state index in [-0.39, 0.29) is 11.7 Å². The molecule has 0 unspecified atom stereocenters. The molecular weight excluding hydrogens is 226 g/mol. The first-order valence-electron chi connectivity index (χ1n) is 3.42. The SMILES string of the molecule is O=C(c1ncsc1Br)C1CC1. The van der Waals surface area contributed by atoms with E-state index in [9.17, 15) is 4.79 Å². The molecule has 1 aliphatic rings. The number of carbonyl (C=O) groups is 1. The summed E-state index contributed by atoms with van der Waals surface area (Å²) in [4.78, 5) is 15.4. The molecule has 1 aromatic heterocycles. The van der Waals surface area contributed by atoms with Gasteiger partial charge in [0, 0.05) is 5.92 Å². The number of nitrogens with zero attached hydrogens (tertiary/aromatic N) is 1. The van der Waals surface area contributed by atoms with Gasteiger partial charge in [-0.2, -0.15) is 0 Å². The van der Waals surface area contributed by atoms with Gasteiger partial charge in [0.1, 0.15) is 9.48 Å². The lowest BCUT2D eigenvalue weighted by atomic mass is 10.2. The zero-order chi connectivity index (χ0) is 7.84. The van der Waals surface area contributed by atoms with E-state index in [0.29, 0.717) is 5.69 Å². The highest BCUT2D eigenvalue weighted by molar-refractivity contribution is 9.11. The molecule has 1 heterocycles. The maximum absolute atomic E-state index is 11.4. The van der Waals surface area contributed by atoms with E-state index in [1.165, 1.54) is 11.3 Å². The molecule has 0 saturated heterocycles. The molecule has 2 rings (SSSR count). The second kappa shape index (κ2) is 2.68. The monoisotopic (exact) mass is 231 g/mol. The van der Waals surface area contributed by atoms with Crippen molar-refractivity contribution in [2.24, 2.45) is 5.92 Å². The molecule has 2 nitrogen and oxygen atoms in total. The number of thiazole rings is 1. The average molecular weight is 232 g/mol. The Kier molecular flexibility index (Phi) is 1.81. The van der Waals surface area contributed by atoms with Gasteiger partial charge in [-0.3, -0.25) is 4.79 Å². The molecule has 1 aromatic rings. The second-order valence-electron chi connectivity index (χ2n) is 2.61. The van der Waals surface area contributed by atoms with E-state index in [0.717, 1.165) is 16.6 Å². The minimum Gasteiger partial charge on any atom is -0.292 e. The van der Waals surface area contributed by atoms with Gasteiger partial charge in [-0.1, -0.05) is 0 Å². The van der Waals surface area contributed by atoms with Crippen LogP contribution in [0.3, 0.4) is 0 Å². The van der Waals surface area contributed by atoms with Gasteiger partial charge in [0.25, 0.3) is 0 Å². The van der Waals surface area contributed by atoms with Gasteiger partial charge >= 0.3 is 0 Å². The third kappa shape index (κ3) is 1.37. The topological polar surface area (TPSA) is 30.0 Å². The second-order valence-corrected chi connectivity index (χ2v) is 4.79. The van der Waals surface area contributed by atoms with Gasteiger partial charge < -0.3 is 0 Å². The Bertz CT molecular complexity index is 292. The summed E-state index contributed by atoms with van der Waals surface area (Å²) in [5.41, 5.74) is 2.32. The number of hydrogen-bond donors (Lipinski definition) is 0. The first-order valence-corrected chi connectivity index (χ1v) is 5.09. The smallest absolute Gasteiger partial charge is 0.186 e. The van der Waals surface area contributed by atoms with Gasteiger partial charge in [0.15, 0.2) is 5.78 Å². The number of Topliss-reactive ketones (excluding diaryl/α,β-unsaturated/α-hetero) is 1. The van der Waals surface area contributed by atoms with Crippen molar-refractivity contribution in [2.75, 3.05) is 0 Å². The highest BCUT2D eigenvalue weighted by Gasteiger charge is 2.32. The number of aromatic nitrogens is 1. The molecule has 0 N–H and O–H groups in total. The highest BCUT2D eigenvalue weighted by atomic mass is 79.9. The summed E-state index contributed by atoms with van der Waals surface area (Å²) in [6.45, 7) is 0. The Morgan fingerprint density at radius 2 is 2.45 bits per heavy atom. The third-order valence-corrected chi connectivity index (χ3v) is 3.25. The molecule has 0 radical (unpaired) electrons. The first-order chi connectivity index (χ1) is 5.29. The van der Waals surface area contributed by atoms with E-state index < -0.39 is 0 Å². The van der Waals surface area contributed by atoms with Gasteiger partial charge in [0.2, 0.25) is 0 Å². The summed E-state index contributed by atoms with van der Waals surface area (Å²) in [6, 6.07) is 0. The number of hydrogen-bond acceptors (Lipinski definition) is 3. The number of rotatable bonds is 2. The predicted octanol–water partition coefficient (Wildman–Crippen LogP) is 2.50. The van der Waals surface area contributed by atoms with Crippen molar-refractivity contribution in [1.82, 2.24) is 4.98 Å². The Hall–Kier alpha value is -0.220. The van der Waals surface area contributed by atoms with Crippen LogP contribution in [0.5, 0.6) is 0 Å². The van der Waals surface area contributed by atoms with Gasteiger partial charge in [-0.15, -0.1) is 11.3 Å². The maximum Gasteiger partial charge on any atom is 0.186 e. The molecule has 1 fully saturated rings. The summed E-state index contributed by atoms with van der Waals surface area (Å²) in [7, 11) is 0. The molecule has 58 valence electrons. The summed E-state index contributed by atoms with van der Waals surface area (Å²) in [6.07, 6.45) is 2.09. The molecule has 11 heavy (non-hydrogen) atoms. The zero-order valence-electron chi connectivity index (χ0n) is 5.71. The maximum atomic E-state index is 11.4. The molecular formula is C7H6BrNOS. The minimum atomic E-state index is 0.207. The van der Waals surface area contributed by atoms with E-state index in [1.807, 2.05) is 0 Å². The minimum absolute atomic E-state index is 0.207. The van der Waals surface area contributed by atoms with Crippen molar-refractivity contribution in [3.8, 4) is 0 Å². The summed E-state index contributed by atoms with van der Waals surface area (Å²) in [5.74, 6) is 0.478. The van der Waals surface area contributed by atoms with Crippen molar-refractivity contribution in [3.63, 3.8) is 0 Å². The van der Waals surface area contributed by atoms with Crippen molar-refractivity contribution in [1.29, 1.82) is 0 Å². The van der Waals surface area contributed by atoms with Crippen molar-refractivity contribution in [2.45, 2.75) is 12.8 Å². The highest BCUT2D eigenvalue weighted by Crippen LogP contribution is 2.34. The average Bonchev–Trinajstić information content (AvgIpc) is 2.74. The molecule has 0 bridgehead atoms. The van der Waals surface area contributed by atoms with Crippen LogP contribution in [0.1, 0.15) is 23.3 Å². The number of ketones is 1. The van der Waals surface area contributed by atoms with Crippen molar-refractivity contribution < 1.29 is 4.79 Å². The Morgan fingerprint density at radius 1 is 1.73 bits per heavy atom. The van der Waals surface area contributed by atoms with Crippen LogP contribution in [0.25, 0.3) is 0 Å². The lowest BCUT2D eigenvalue weighted by Gasteiger charge is -1.91. The van der Waals surface area contributed by atoms with E-state index >= 15 is 0 Å². The lowest BCUT2D eigenvalue weighted by molar-refractivity contribution is 0.0963. The van der Waals surface area contributed by atoms with Crippen LogP contribution in [0, 0.1) is 5.92 Å². The molecule has 0 aliphatic heterocycles. The Balaban J connectivity index is 2.27. The lowest BCUT2D eigenvalue weighted by Crippen LogP contribution is -2.01. The fraction of sp³-hybridized carbons (Fsp3) is 0.429. The van der Waals surface area contributed by atoms with Gasteiger partial charge in [-0.25, -0.2) is 4.98 Å². The summed E-state index contributed by atoms with van der Waals surface area (Å²) < 4.78 is 0.870. The number of halogens is 1. The van der Waals surface area contributed by atoms with Crippen molar-refractivity contribution in [3.05, 3.63) is 15.0 Å². The normalized spacial score (nSPS) is 16.8. The van der Waals surface area contributed by atoms with E-state index in [4.69, 9.17) is 0 Å². The Labute approximate surface area is 76.8 Å². The molecule has 0 amide bonds. The van der Waals surface area contributed by atoms with Crippen LogP contribution in [-0.4, -0.2) is 10.8 Å². The van der Waals surface area contributed by atoms with Crippen LogP contribution in [0.2, 0.25) is 0 Å². The zero-order valence-corrected chi connectivity index (χ0v) is 8.11. The fourth-order valence-electron chi connectivity index (χ4n) is 0.931. The van der Waals surface area contributed by atoms with Crippen LogP contribution in [-0.2, 0) is 0 Å². The van der Waals surface area contributed by atoms with Crippen LogP contribution < -0.4 is 0 Å². The molecule has 0 aromatic carbocycles. The van der Waals surface area contributed by atoms with Crippen LogP contribution >= 0.6 is 27.3 Å². The van der Waals surface area contributed by atoms with Gasteiger partial charge in [-0.05, 0) is 28.8 Å². The third-order valence-electron chi connectivity index (χ3n) is 1.71. The quantitative estimate of drug-likeness (QED) is 0.733. The molecule has 0 spiro atoms. The van der Waals surface area contributed by atoms with E-state index in [1.54, 1.807) is 5.51 Å². The Morgan fingerprint density at radius 3 is 2.91 bits per heavy atom. The first kappa shape index (κ1) is 7.43. The summed E-state index contributed by atoms with van der Waals surface area (Å²) >= 11 is 4.76. The standard InChI is InChI=1S/C7H6BrNOS/c8-7-5(9-3-11-7)6(10)4-1-2-4/h3-4H,1-2H2.